The molecule has 0 aliphatic carbocycles. The fraction of sp³-hybridized carbons (Fsp3) is 0.278. The number of ether oxygens (including phenoxy) is 2. The first-order chi connectivity index (χ1) is 10.3. The van der Waals surface area contributed by atoms with Gasteiger partial charge in [0.1, 0.15) is 0 Å². The second-order valence-corrected chi connectivity index (χ2v) is 4.58. The summed E-state index contributed by atoms with van der Waals surface area (Å²) >= 11 is 0. The van der Waals surface area contributed by atoms with Gasteiger partial charge in [0.25, 0.3) is 0 Å². The Morgan fingerprint density at radius 3 is 2.48 bits per heavy atom. The van der Waals surface area contributed by atoms with Crippen molar-refractivity contribution in [1.82, 2.24) is 0 Å². The molecule has 2 rings (SSSR count). The Hall–Kier alpha value is -2.29. The normalized spacial score (nSPS) is 10.8. The molecule has 0 N–H and O–H groups in total. The molecule has 0 fully saturated rings. The zero-order chi connectivity index (χ0) is 14.9. The summed E-state index contributed by atoms with van der Waals surface area (Å²) in [6.45, 7) is 5.36. The molecule has 0 aliphatic heterocycles. The smallest absolute Gasteiger partial charge is 0.161 e. The average molecular weight is 283 g/mol. The van der Waals surface area contributed by atoms with Crippen LogP contribution in [0.15, 0.2) is 53.5 Å². The number of aliphatic imine (C=N–C) groups is 1. The Bertz CT molecular complexity index is 579. The van der Waals surface area contributed by atoms with Gasteiger partial charge in [-0.1, -0.05) is 25.1 Å². The molecule has 0 radical (unpaired) electrons. The van der Waals surface area contributed by atoms with Crippen LogP contribution in [-0.4, -0.2) is 19.4 Å². The van der Waals surface area contributed by atoms with Gasteiger partial charge in [-0.3, -0.25) is 4.99 Å². The molecule has 0 saturated heterocycles. The van der Waals surface area contributed by atoms with Crippen LogP contribution < -0.4 is 9.47 Å². The zero-order valence-corrected chi connectivity index (χ0v) is 12.6. The van der Waals surface area contributed by atoms with Crippen LogP contribution in [0, 0.1) is 0 Å². The maximum atomic E-state index is 5.69. The molecule has 0 unspecified atom stereocenters. The van der Waals surface area contributed by atoms with Crippen molar-refractivity contribution in [1.29, 1.82) is 0 Å². The zero-order valence-electron chi connectivity index (χ0n) is 12.6. The van der Waals surface area contributed by atoms with Crippen LogP contribution in [0.5, 0.6) is 11.5 Å². The minimum absolute atomic E-state index is 0.613. The first-order valence-electron chi connectivity index (χ1n) is 7.32. The van der Waals surface area contributed by atoms with Crippen molar-refractivity contribution in [2.24, 2.45) is 4.99 Å². The molecule has 3 nitrogen and oxygen atoms in total. The van der Waals surface area contributed by atoms with Crippen LogP contribution >= 0.6 is 0 Å². The Morgan fingerprint density at radius 1 is 0.952 bits per heavy atom. The van der Waals surface area contributed by atoms with Crippen LogP contribution in [0.4, 0.5) is 5.69 Å². The molecule has 2 aromatic rings. The van der Waals surface area contributed by atoms with Crippen molar-refractivity contribution >= 4 is 11.9 Å². The van der Waals surface area contributed by atoms with E-state index in [1.165, 1.54) is 0 Å². The summed E-state index contributed by atoms with van der Waals surface area (Å²) in [6.07, 6.45) is 2.81. The fourth-order valence-corrected chi connectivity index (χ4v) is 1.87. The summed E-state index contributed by atoms with van der Waals surface area (Å²) in [5.74, 6) is 1.55. The van der Waals surface area contributed by atoms with Crippen molar-refractivity contribution in [2.75, 3.05) is 13.2 Å². The third-order valence-corrected chi connectivity index (χ3v) is 2.85. The van der Waals surface area contributed by atoms with E-state index in [-0.39, 0.29) is 0 Å². The van der Waals surface area contributed by atoms with Gasteiger partial charge in [-0.2, -0.15) is 0 Å². The van der Waals surface area contributed by atoms with E-state index < -0.39 is 0 Å². The predicted octanol–water partition coefficient (Wildman–Crippen LogP) is 4.62. The van der Waals surface area contributed by atoms with Gasteiger partial charge >= 0.3 is 0 Å². The fourth-order valence-electron chi connectivity index (χ4n) is 1.87. The first kappa shape index (κ1) is 15.1. The first-order valence-corrected chi connectivity index (χ1v) is 7.32. The summed E-state index contributed by atoms with van der Waals surface area (Å²) in [6, 6.07) is 15.7. The second kappa shape index (κ2) is 8.10. The van der Waals surface area contributed by atoms with E-state index >= 15 is 0 Å². The lowest BCUT2D eigenvalue weighted by Crippen LogP contribution is -2.00. The van der Waals surface area contributed by atoms with Gasteiger partial charge in [-0.15, -0.1) is 0 Å². The van der Waals surface area contributed by atoms with E-state index in [9.17, 15) is 0 Å². The Kier molecular flexibility index (Phi) is 5.83. The van der Waals surface area contributed by atoms with Crippen molar-refractivity contribution in [3.05, 3.63) is 54.1 Å². The standard InChI is InChI=1S/C18H21NO2/c1-3-12-21-17-11-10-15(13-18(17)20-4-2)14-19-16-8-6-5-7-9-16/h5-11,13-14H,3-4,12H2,1-2H3. The lowest BCUT2D eigenvalue weighted by Gasteiger charge is -2.11. The van der Waals surface area contributed by atoms with Gasteiger partial charge in [0, 0.05) is 6.21 Å². The minimum Gasteiger partial charge on any atom is -0.490 e. The highest BCUT2D eigenvalue weighted by molar-refractivity contribution is 5.83. The van der Waals surface area contributed by atoms with Gasteiger partial charge in [0.15, 0.2) is 11.5 Å². The lowest BCUT2D eigenvalue weighted by atomic mass is 10.2. The van der Waals surface area contributed by atoms with Crippen LogP contribution in [0.2, 0.25) is 0 Å². The summed E-state index contributed by atoms with van der Waals surface area (Å²) in [5.41, 5.74) is 1.92. The van der Waals surface area contributed by atoms with E-state index in [0.29, 0.717) is 13.2 Å². The molecular weight excluding hydrogens is 262 g/mol. The highest BCUT2D eigenvalue weighted by Gasteiger charge is 2.05. The van der Waals surface area contributed by atoms with E-state index in [4.69, 9.17) is 9.47 Å². The Morgan fingerprint density at radius 2 is 1.76 bits per heavy atom. The molecule has 0 saturated carbocycles. The van der Waals surface area contributed by atoms with Crippen molar-refractivity contribution < 1.29 is 9.47 Å². The third-order valence-electron chi connectivity index (χ3n) is 2.85. The van der Waals surface area contributed by atoms with Gasteiger partial charge < -0.3 is 9.47 Å². The van der Waals surface area contributed by atoms with Gasteiger partial charge in [0.05, 0.1) is 18.9 Å². The molecule has 0 atom stereocenters. The molecule has 0 amide bonds. The molecule has 0 heterocycles. The monoisotopic (exact) mass is 283 g/mol. The molecule has 21 heavy (non-hydrogen) atoms. The van der Waals surface area contributed by atoms with Crippen LogP contribution in [0.3, 0.4) is 0 Å². The summed E-state index contributed by atoms with van der Waals surface area (Å²) in [7, 11) is 0. The number of nitrogens with zero attached hydrogens (tertiary/aromatic N) is 1. The van der Waals surface area contributed by atoms with Crippen molar-refractivity contribution in [2.45, 2.75) is 20.3 Å². The van der Waals surface area contributed by atoms with Gasteiger partial charge in [-0.05, 0) is 49.2 Å². The summed E-state index contributed by atoms with van der Waals surface area (Å²) in [4.78, 5) is 4.45. The maximum Gasteiger partial charge on any atom is 0.161 e. The Labute approximate surface area is 126 Å². The van der Waals surface area contributed by atoms with E-state index in [2.05, 4.69) is 11.9 Å². The van der Waals surface area contributed by atoms with E-state index in [1.54, 1.807) is 0 Å². The van der Waals surface area contributed by atoms with Crippen LogP contribution in [-0.2, 0) is 0 Å². The van der Waals surface area contributed by atoms with Crippen LogP contribution in [0.25, 0.3) is 0 Å². The number of hydrogen-bond acceptors (Lipinski definition) is 3. The quantitative estimate of drug-likeness (QED) is 0.694. The Balaban J connectivity index is 2.17. The number of rotatable bonds is 7. The molecule has 2 aromatic carbocycles. The highest BCUT2D eigenvalue weighted by atomic mass is 16.5. The predicted molar refractivity (Wildman–Crippen MR) is 87.1 cm³/mol. The summed E-state index contributed by atoms with van der Waals surface area (Å²) in [5, 5.41) is 0. The lowest BCUT2D eigenvalue weighted by molar-refractivity contribution is 0.277. The second-order valence-electron chi connectivity index (χ2n) is 4.58. The molecular formula is C18H21NO2. The third kappa shape index (κ3) is 4.63. The number of benzene rings is 2. The van der Waals surface area contributed by atoms with E-state index in [1.807, 2.05) is 61.7 Å². The van der Waals surface area contributed by atoms with Gasteiger partial charge in [-0.25, -0.2) is 0 Å². The highest BCUT2D eigenvalue weighted by Crippen LogP contribution is 2.28. The average Bonchev–Trinajstić information content (AvgIpc) is 2.53. The molecule has 0 aliphatic rings. The van der Waals surface area contributed by atoms with Crippen molar-refractivity contribution in [3.8, 4) is 11.5 Å². The van der Waals surface area contributed by atoms with E-state index in [0.717, 1.165) is 29.2 Å². The summed E-state index contributed by atoms with van der Waals surface area (Å²) < 4.78 is 11.3. The maximum absolute atomic E-state index is 5.69. The molecule has 0 spiro atoms. The number of para-hydroxylation sites is 1. The SMILES string of the molecule is CCCOc1ccc(C=Nc2ccccc2)cc1OCC. The van der Waals surface area contributed by atoms with Gasteiger partial charge in [0.2, 0.25) is 0 Å². The molecule has 0 aromatic heterocycles. The van der Waals surface area contributed by atoms with Crippen molar-refractivity contribution in [3.63, 3.8) is 0 Å². The van der Waals surface area contributed by atoms with Crippen LogP contribution in [0.1, 0.15) is 25.8 Å². The molecule has 110 valence electrons. The number of hydrogen-bond donors (Lipinski definition) is 0. The molecule has 0 bridgehead atoms. The topological polar surface area (TPSA) is 30.8 Å². The molecule has 3 heteroatoms. The minimum atomic E-state index is 0.613. The largest absolute Gasteiger partial charge is 0.490 e.